The molecular formula is C41H49ClN4O5S. The first kappa shape index (κ1) is 37.8. The SMILES string of the molecule is CC/C=C/[C@](C#CCCc1ccncn1)(OC)[C@@H]1CC[C@H]1CN1C[C@@]2(CCCc3cc(Cl)ccc32)COc2ccc(C(=O)NS(=O)(=O)C(C)C)cc21. The Labute approximate surface area is 313 Å². The van der Waals surface area contributed by atoms with Gasteiger partial charge in [-0.1, -0.05) is 42.5 Å². The van der Waals surface area contributed by atoms with Gasteiger partial charge in [-0.15, -0.1) is 0 Å². The van der Waals surface area contributed by atoms with Gasteiger partial charge in [-0.3, -0.25) is 4.79 Å². The lowest BCUT2D eigenvalue weighted by Crippen LogP contribution is -2.52. The van der Waals surface area contributed by atoms with Crippen LogP contribution in [-0.4, -0.2) is 62.0 Å². The van der Waals surface area contributed by atoms with Crippen molar-refractivity contribution in [2.24, 2.45) is 11.8 Å². The number of nitrogens with zero attached hydrogens (tertiary/aromatic N) is 3. The van der Waals surface area contributed by atoms with E-state index in [1.54, 1.807) is 51.7 Å². The highest BCUT2D eigenvalue weighted by Gasteiger charge is 2.48. The molecule has 1 N–H and O–H groups in total. The van der Waals surface area contributed by atoms with Gasteiger partial charge in [0.25, 0.3) is 5.91 Å². The van der Waals surface area contributed by atoms with Crippen molar-refractivity contribution in [2.45, 2.75) is 88.4 Å². The van der Waals surface area contributed by atoms with Gasteiger partial charge in [-0.05, 0) is 112 Å². The summed E-state index contributed by atoms with van der Waals surface area (Å²) in [6.07, 6.45) is 14.7. The molecule has 52 heavy (non-hydrogen) atoms. The second-order valence-electron chi connectivity index (χ2n) is 14.6. The van der Waals surface area contributed by atoms with Crippen LogP contribution in [0.5, 0.6) is 5.75 Å². The molecule has 1 fully saturated rings. The first-order chi connectivity index (χ1) is 25.0. The largest absolute Gasteiger partial charge is 0.490 e. The number of hydrogen-bond donors (Lipinski definition) is 1. The highest BCUT2D eigenvalue weighted by Crippen LogP contribution is 2.49. The molecule has 4 atom stereocenters. The molecule has 11 heteroatoms. The molecule has 3 aliphatic rings. The Morgan fingerprint density at radius 1 is 1.23 bits per heavy atom. The van der Waals surface area contributed by atoms with E-state index in [-0.39, 0.29) is 22.8 Å². The molecule has 2 aliphatic carbocycles. The number of allylic oxidation sites excluding steroid dienone is 1. The minimum Gasteiger partial charge on any atom is -0.490 e. The summed E-state index contributed by atoms with van der Waals surface area (Å²) in [6.45, 7) is 7.04. The predicted octanol–water partition coefficient (Wildman–Crippen LogP) is 7.08. The monoisotopic (exact) mass is 744 g/mol. The van der Waals surface area contributed by atoms with Crippen LogP contribution < -0.4 is 14.4 Å². The molecule has 0 radical (unpaired) electrons. The lowest BCUT2D eigenvalue weighted by Gasteiger charge is -2.48. The fourth-order valence-corrected chi connectivity index (χ4v) is 8.68. The molecular weight excluding hydrogens is 696 g/mol. The minimum atomic E-state index is -3.82. The third-order valence-electron chi connectivity index (χ3n) is 11.0. The lowest BCUT2D eigenvalue weighted by molar-refractivity contribution is -0.0350. The Hall–Kier alpha value is -3.91. The molecule has 3 aromatic rings. The smallest absolute Gasteiger partial charge is 0.264 e. The molecule has 276 valence electrons. The van der Waals surface area contributed by atoms with Crippen LogP contribution in [0.15, 0.2) is 67.1 Å². The van der Waals surface area contributed by atoms with Crippen LogP contribution >= 0.6 is 11.6 Å². The topological polar surface area (TPSA) is 111 Å². The second kappa shape index (κ2) is 16.0. The van der Waals surface area contributed by atoms with Gasteiger partial charge in [-0.2, -0.15) is 0 Å². The van der Waals surface area contributed by atoms with E-state index >= 15 is 0 Å². The number of carbonyl (C=O) groups excluding carboxylic acids is 1. The van der Waals surface area contributed by atoms with Crippen LogP contribution in [-0.2, 0) is 33.0 Å². The van der Waals surface area contributed by atoms with Crippen LogP contribution in [0.4, 0.5) is 5.69 Å². The number of benzene rings is 2. The number of sulfonamides is 1. The molecule has 9 nitrogen and oxygen atoms in total. The van der Waals surface area contributed by atoms with E-state index in [4.69, 9.17) is 21.1 Å². The van der Waals surface area contributed by atoms with Crippen LogP contribution in [0.1, 0.15) is 86.5 Å². The van der Waals surface area contributed by atoms with Crippen molar-refractivity contribution in [1.82, 2.24) is 14.7 Å². The standard InChI is InChI=1S/C41H49ClN4O5S/c1-5-6-20-41(50-4,21-8-7-11-34-18-22-43-28-44-34)36-15-12-32(36)25-46-26-40(19-9-10-30-23-33(42)14-16-35(30)40)27-51-38-17-13-31(24-37(38)46)39(47)45-52(48,49)29(2)3/h6,13-14,16-18,20,22-24,28-29,32,36H,5,7,9-12,15,19,25-27H2,1-4H3,(H,45,47)/b20-6+/t32-,36+,40-,41+/m0/s1. The zero-order chi connectivity index (χ0) is 36.9. The molecule has 1 amide bonds. The first-order valence-corrected chi connectivity index (χ1v) is 20.3. The zero-order valence-electron chi connectivity index (χ0n) is 30.5. The number of ether oxygens (including phenoxy) is 2. The van der Waals surface area contributed by atoms with Crippen LogP contribution in [0.2, 0.25) is 5.02 Å². The van der Waals surface area contributed by atoms with Crippen LogP contribution in [0, 0.1) is 23.7 Å². The summed E-state index contributed by atoms with van der Waals surface area (Å²) in [5.74, 6) is 7.35. The Morgan fingerprint density at radius 2 is 2.08 bits per heavy atom. The van der Waals surface area contributed by atoms with Gasteiger partial charge in [0.15, 0.2) is 0 Å². The summed E-state index contributed by atoms with van der Waals surface area (Å²) in [5.41, 5.74) is 3.43. The van der Waals surface area contributed by atoms with Crippen molar-refractivity contribution in [3.63, 3.8) is 0 Å². The number of aromatic nitrogens is 2. The Balaban J connectivity index is 1.35. The number of halogens is 1. The van der Waals surface area contributed by atoms with Gasteiger partial charge < -0.3 is 14.4 Å². The average Bonchev–Trinajstić information content (AvgIpc) is 3.27. The first-order valence-electron chi connectivity index (χ1n) is 18.3. The Bertz CT molecular complexity index is 1960. The van der Waals surface area contributed by atoms with E-state index in [1.807, 2.05) is 12.1 Å². The molecule has 1 saturated carbocycles. The average molecular weight is 745 g/mol. The number of fused-ring (bicyclic) bond motifs is 3. The van der Waals surface area contributed by atoms with Gasteiger partial charge in [0.05, 0.1) is 17.5 Å². The summed E-state index contributed by atoms with van der Waals surface area (Å²) in [7, 11) is -2.07. The number of rotatable bonds is 11. The van der Waals surface area contributed by atoms with Gasteiger partial charge >= 0.3 is 0 Å². The number of aryl methyl sites for hydroxylation is 2. The van der Waals surface area contributed by atoms with Gasteiger partial charge in [0.1, 0.15) is 17.7 Å². The van der Waals surface area contributed by atoms with Crippen LogP contribution in [0.3, 0.4) is 0 Å². The summed E-state index contributed by atoms with van der Waals surface area (Å²) in [6, 6.07) is 13.3. The number of anilines is 1. The highest BCUT2D eigenvalue weighted by atomic mass is 35.5. The van der Waals surface area contributed by atoms with Gasteiger partial charge in [0.2, 0.25) is 10.0 Å². The molecule has 0 bridgehead atoms. The number of nitrogens with one attached hydrogen (secondary N) is 1. The van der Waals surface area contributed by atoms with E-state index in [9.17, 15) is 13.2 Å². The highest BCUT2D eigenvalue weighted by molar-refractivity contribution is 7.90. The van der Waals surface area contributed by atoms with E-state index < -0.39 is 26.8 Å². The van der Waals surface area contributed by atoms with E-state index in [0.29, 0.717) is 31.9 Å². The quantitative estimate of drug-likeness (QED) is 0.164. The van der Waals surface area contributed by atoms with Crippen LogP contribution in [0.25, 0.3) is 0 Å². The van der Waals surface area contributed by atoms with Crippen molar-refractivity contribution in [2.75, 3.05) is 31.7 Å². The molecule has 0 saturated heterocycles. The molecule has 1 spiro atoms. The van der Waals surface area contributed by atoms with Gasteiger partial charge in [-0.25, -0.2) is 23.1 Å². The summed E-state index contributed by atoms with van der Waals surface area (Å²) >= 11 is 6.47. The maximum Gasteiger partial charge on any atom is 0.264 e. The number of methoxy groups -OCH3 is 1. The van der Waals surface area contributed by atoms with Crippen molar-refractivity contribution >= 4 is 33.2 Å². The summed E-state index contributed by atoms with van der Waals surface area (Å²) < 4.78 is 40.5. The lowest BCUT2D eigenvalue weighted by atomic mass is 9.64. The summed E-state index contributed by atoms with van der Waals surface area (Å²) in [5, 5.41) is -0.0189. The second-order valence-corrected chi connectivity index (χ2v) is 17.2. The summed E-state index contributed by atoms with van der Waals surface area (Å²) in [4.78, 5) is 24.1. The molecule has 2 aromatic carbocycles. The number of hydrogen-bond acceptors (Lipinski definition) is 8. The van der Waals surface area contributed by atoms with Crippen molar-refractivity contribution < 1.29 is 22.7 Å². The van der Waals surface area contributed by atoms with E-state index in [2.05, 4.69) is 62.6 Å². The Morgan fingerprint density at radius 3 is 2.79 bits per heavy atom. The molecule has 6 rings (SSSR count). The molecule has 1 aromatic heterocycles. The molecule has 0 unspecified atom stereocenters. The third-order valence-corrected chi connectivity index (χ3v) is 12.9. The maximum absolute atomic E-state index is 13.4. The predicted molar refractivity (Wildman–Crippen MR) is 205 cm³/mol. The number of amides is 1. The zero-order valence-corrected chi connectivity index (χ0v) is 32.1. The van der Waals surface area contributed by atoms with Crippen molar-refractivity contribution in [3.8, 4) is 17.6 Å². The van der Waals surface area contributed by atoms with E-state index in [1.165, 1.54) is 11.1 Å². The Kier molecular flexibility index (Phi) is 11.6. The maximum atomic E-state index is 13.4. The molecule has 2 heterocycles. The fourth-order valence-electron chi connectivity index (χ4n) is 7.88. The van der Waals surface area contributed by atoms with E-state index in [0.717, 1.165) is 61.3 Å². The third kappa shape index (κ3) is 8.02. The van der Waals surface area contributed by atoms with Gasteiger partial charge in [0, 0.05) is 66.9 Å². The molecule has 1 aliphatic heterocycles. The minimum absolute atomic E-state index is 0.135. The number of carbonyl (C=O) groups is 1. The normalized spacial score (nSPS) is 22.3. The van der Waals surface area contributed by atoms with Crippen molar-refractivity contribution in [1.29, 1.82) is 0 Å². The van der Waals surface area contributed by atoms with Crippen molar-refractivity contribution in [3.05, 3.63) is 94.5 Å². The fraction of sp³-hybridized carbons (Fsp3) is 0.488.